The van der Waals surface area contributed by atoms with E-state index in [1.54, 1.807) is 0 Å². The summed E-state index contributed by atoms with van der Waals surface area (Å²) in [6, 6.07) is 7.06. The van der Waals surface area contributed by atoms with E-state index in [-0.39, 0.29) is 12.3 Å². The Bertz CT molecular complexity index is 581. The summed E-state index contributed by atoms with van der Waals surface area (Å²) in [5.41, 5.74) is 0.980. The first-order valence-electron chi connectivity index (χ1n) is 6.17. The molecule has 0 heterocycles. The largest absolute Gasteiger partial charge is 0.508 e. The first-order valence-corrected chi connectivity index (χ1v) is 6.17. The van der Waals surface area contributed by atoms with Crippen molar-refractivity contribution in [2.24, 2.45) is 0 Å². The first kappa shape index (κ1) is 14.4. The number of hydrogen-bond donors (Lipinski definition) is 2. The van der Waals surface area contributed by atoms with Crippen LogP contribution in [0.15, 0.2) is 36.4 Å². The van der Waals surface area contributed by atoms with E-state index in [9.17, 15) is 18.3 Å². The molecule has 0 aliphatic carbocycles. The maximum Gasteiger partial charge on any atom is 0.126 e. The van der Waals surface area contributed by atoms with Gasteiger partial charge in [0.05, 0.1) is 0 Å². The van der Waals surface area contributed by atoms with E-state index in [2.05, 4.69) is 5.32 Å². The van der Waals surface area contributed by atoms with E-state index in [4.69, 9.17) is 0 Å². The second-order valence-corrected chi connectivity index (χ2v) is 4.48. The van der Waals surface area contributed by atoms with Crippen LogP contribution in [-0.4, -0.2) is 11.7 Å². The van der Waals surface area contributed by atoms with Crippen molar-refractivity contribution in [3.63, 3.8) is 0 Å². The molecule has 2 rings (SSSR count). The predicted octanol–water partition coefficient (Wildman–Crippen LogP) is 3.14. The van der Waals surface area contributed by atoms with Gasteiger partial charge in [0.25, 0.3) is 0 Å². The summed E-state index contributed by atoms with van der Waals surface area (Å²) in [7, 11) is 0. The molecule has 5 heteroatoms. The summed E-state index contributed by atoms with van der Waals surface area (Å²) in [4.78, 5) is 0. The number of phenolic OH excluding ortho intramolecular Hbond substituents is 1. The number of aromatic hydroxyl groups is 1. The monoisotopic (exact) mass is 281 g/mol. The third-order valence-corrected chi connectivity index (χ3v) is 2.87. The molecule has 0 fully saturated rings. The molecule has 0 saturated heterocycles. The molecule has 0 unspecified atom stereocenters. The number of hydrogen-bond acceptors (Lipinski definition) is 2. The van der Waals surface area contributed by atoms with E-state index in [1.165, 1.54) is 30.3 Å². The molecule has 106 valence electrons. The zero-order valence-corrected chi connectivity index (χ0v) is 10.7. The molecule has 0 bridgehead atoms. The molecule has 2 nitrogen and oxygen atoms in total. The fraction of sp³-hybridized carbons (Fsp3) is 0.200. The van der Waals surface area contributed by atoms with Crippen molar-refractivity contribution in [2.75, 3.05) is 6.54 Å². The van der Waals surface area contributed by atoms with Crippen LogP contribution in [0.3, 0.4) is 0 Å². The highest BCUT2D eigenvalue weighted by atomic mass is 19.1. The normalized spacial score (nSPS) is 10.8. The minimum atomic E-state index is -0.609. The molecule has 2 N–H and O–H groups in total. The molecule has 0 aliphatic heterocycles. The summed E-state index contributed by atoms with van der Waals surface area (Å²) in [5, 5.41) is 12.5. The van der Waals surface area contributed by atoms with Gasteiger partial charge in [0.2, 0.25) is 0 Å². The Balaban J connectivity index is 1.86. The van der Waals surface area contributed by atoms with Crippen LogP contribution in [0.25, 0.3) is 0 Å². The zero-order chi connectivity index (χ0) is 14.5. The van der Waals surface area contributed by atoms with Gasteiger partial charge in [0.15, 0.2) is 0 Å². The van der Waals surface area contributed by atoms with Crippen molar-refractivity contribution < 1.29 is 18.3 Å². The van der Waals surface area contributed by atoms with E-state index in [1.807, 2.05) is 0 Å². The fourth-order valence-electron chi connectivity index (χ4n) is 1.91. The van der Waals surface area contributed by atoms with Crippen LogP contribution in [0.2, 0.25) is 0 Å². The molecule has 0 radical (unpaired) electrons. The molecule has 0 aromatic heterocycles. The Hall–Kier alpha value is -2.01. The maximum atomic E-state index is 13.0. The molecule has 0 spiro atoms. The lowest BCUT2D eigenvalue weighted by Crippen LogP contribution is -2.17. The van der Waals surface area contributed by atoms with Gasteiger partial charge in [-0.3, -0.25) is 0 Å². The van der Waals surface area contributed by atoms with Gasteiger partial charge in [-0.2, -0.15) is 0 Å². The van der Waals surface area contributed by atoms with Crippen LogP contribution in [0.4, 0.5) is 13.2 Å². The standard InChI is InChI=1S/C15H14F3NO/c16-12-1-2-15(20)11(7-12)9-19-4-3-10-5-13(17)8-14(18)6-10/h1-2,5-8,19-20H,3-4,9H2. The Morgan fingerprint density at radius 3 is 2.30 bits per heavy atom. The Morgan fingerprint density at radius 2 is 1.60 bits per heavy atom. The SMILES string of the molecule is Oc1ccc(F)cc1CNCCc1cc(F)cc(F)c1. The lowest BCUT2D eigenvalue weighted by atomic mass is 10.1. The highest BCUT2D eigenvalue weighted by Gasteiger charge is 2.03. The number of benzene rings is 2. The van der Waals surface area contributed by atoms with Crippen LogP contribution >= 0.6 is 0 Å². The van der Waals surface area contributed by atoms with E-state index in [0.717, 1.165) is 6.07 Å². The van der Waals surface area contributed by atoms with Crippen molar-refractivity contribution in [1.29, 1.82) is 0 Å². The average molecular weight is 281 g/mol. The summed E-state index contributed by atoms with van der Waals surface area (Å²) in [5.74, 6) is -1.63. The topological polar surface area (TPSA) is 32.3 Å². The van der Waals surface area contributed by atoms with Crippen LogP contribution in [0, 0.1) is 17.5 Å². The van der Waals surface area contributed by atoms with Crippen LogP contribution < -0.4 is 5.32 Å². The molecule has 2 aromatic rings. The number of halogens is 3. The molecule has 0 saturated carbocycles. The van der Waals surface area contributed by atoms with E-state index < -0.39 is 17.5 Å². The van der Waals surface area contributed by atoms with Crippen molar-refractivity contribution in [3.8, 4) is 5.75 Å². The molecule has 0 atom stereocenters. The summed E-state index contributed by atoms with van der Waals surface area (Å²) in [6.07, 6.45) is 0.435. The van der Waals surface area contributed by atoms with Gasteiger partial charge in [0, 0.05) is 18.2 Å². The first-order chi connectivity index (χ1) is 9.54. The summed E-state index contributed by atoms with van der Waals surface area (Å²) in [6.45, 7) is 0.736. The van der Waals surface area contributed by atoms with Gasteiger partial charge in [-0.05, 0) is 48.9 Å². The summed E-state index contributed by atoms with van der Waals surface area (Å²) < 4.78 is 38.9. The van der Waals surface area contributed by atoms with E-state index in [0.29, 0.717) is 24.1 Å². The Morgan fingerprint density at radius 1 is 0.900 bits per heavy atom. The fourth-order valence-corrected chi connectivity index (χ4v) is 1.91. The summed E-state index contributed by atoms with van der Waals surface area (Å²) >= 11 is 0. The van der Waals surface area contributed by atoms with Crippen LogP contribution in [-0.2, 0) is 13.0 Å². The lowest BCUT2D eigenvalue weighted by molar-refractivity contribution is 0.461. The van der Waals surface area contributed by atoms with Gasteiger partial charge < -0.3 is 10.4 Å². The minimum Gasteiger partial charge on any atom is -0.508 e. The lowest BCUT2D eigenvalue weighted by Gasteiger charge is -2.07. The van der Waals surface area contributed by atoms with Crippen LogP contribution in [0.5, 0.6) is 5.75 Å². The predicted molar refractivity (Wildman–Crippen MR) is 69.8 cm³/mol. The Kier molecular flexibility index (Phi) is 4.63. The molecule has 20 heavy (non-hydrogen) atoms. The average Bonchev–Trinajstić information content (AvgIpc) is 2.37. The third-order valence-electron chi connectivity index (χ3n) is 2.87. The van der Waals surface area contributed by atoms with Crippen molar-refractivity contribution in [3.05, 3.63) is 65.0 Å². The van der Waals surface area contributed by atoms with Gasteiger partial charge >= 0.3 is 0 Å². The van der Waals surface area contributed by atoms with Gasteiger partial charge in [-0.25, -0.2) is 13.2 Å². The number of phenols is 1. The minimum absolute atomic E-state index is 0.00991. The third kappa shape index (κ3) is 3.99. The zero-order valence-electron chi connectivity index (χ0n) is 10.7. The maximum absolute atomic E-state index is 13.0. The van der Waals surface area contributed by atoms with Gasteiger partial charge in [-0.15, -0.1) is 0 Å². The van der Waals surface area contributed by atoms with Gasteiger partial charge in [-0.1, -0.05) is 0 Å². The van der Waals surface area contributed by atoms with Crippen molar-refractivity contribution in [1.82, 2.24) is 5.32 Å². The van der Waals surface area contributed by atoms with Crippen molar-refractivity contribution in [2.45, 2.75) is 13.0 Å². The number of rotatable bonds is 5. The van der Waals surface area contributed by atoms with Gasteiger partial charge in [0.1, 0.15) is 23.2 Å². The molecule has 0 amide bonds. The molecule has 2 aromatic carbocycles. The molecular formula is C15H14F3NO. The number of nitrogens with one attached hydrogen (secondary N) is 1. The highest BCUT2D eigenvalue weighted by molar-refractivity contribution is 5.32. The molecular weight excluding hydrogens is 267 g/mol. The second kappa shape index (κ2) is 6.43. The smallest absolute Gasteiger partial charge is 0.126 e. The quantitative estimate of drug-likeness (QED) is 0.825. The van der Waals surface area contributed by atoms with Crippen LogP contribution in [0.1, 0.15) is 11.1 Å². The second-order valence-electron chi connectivity index (χ2n) is 4.48. The van der Waals surface area contributed by atoms with E-state index >= 15 is 0 Å². The molecule has 0 aliphatic rings. The Labute approximate surface area is 114 Å². The highest BCUT2D eigenvalue weighted by Crippen LogP contribution is 2.17. The van der Waals surface area contributed by atoms with Crippen molar-refractivity contribution >= 4 is 0 Å².